The number of fused-ring (bicyclic) bond motifs is 1. The second-order valence-corrected chi connectivity index (χ2v) is 9.02. The monoisotopic (exact) mass is 475 g/mol. The minimum absolute atomic E-state index is 0.306. The van der Waals surface area contributed by atoms with Gasteiger partial charge in [-0.25, -0.2) is 9.50 Å². The molecule has 178 valence electrons. The number of nitrogens with one attached hydrogen (secondary N) is 1. The first kappa shape index (κ1) is 21.9. The van der Waals surface area contributed by atoms with E-state index in [0.717, 1.165) is 59.6 Å². The molecular weight excluding hydrogens is 450 g/mol. The summed E-state index contributed by atoms with van der Waals surface area (Å²) in [7, 11) is 1.89. The molecule has 1 saturated heterocycles. The molecule has 1 aliphatic rings. The van der Waals surface area contributed by atoms with E-state index in [4.69, 9.17) is 4.98 Å². The number of nitriles is 1. The molecule has 0 aromatic carbocycles. The Kier molecular flexibility index (Phi) is 5.64. The Hall–Kier alpha value is -4.55. The van der Waals surface area contributed by atoms with Crippen LogP contribution in [0.1, 0.15) is 11.1 Å². The van der Waals surface area contributed by atoms with E-state index >= 15 is 0 Å². The van der Waals surface area contributed by atoms with E-state index in [0.29, 0.717) is 11.6 Å². The van der Waals surface area contributed by atoms with Gasteiger partial charge in [0.25, 0.3) is 0 Å². The van der Waals surface area contributed by atoms with Crippen molar-refractivity contribution in [2.24, 2.45) is 7.05 Å². The Morgan fingerprint density at radius 3 is 2.67 bits per heavy atom. The van der Waals surface area contributed by atoms with Crippen LogP contribution in [0.3, 0.4) is 0 Å². The number of nitrogens with zero attached hydrogens (tertiary/aromatic N) is 8. The molecule has 1 atom stereocenters. The van der Waals surface area contributed by atoms with E-state index < -0.39 is 0 Å². The maximum atomic E-state index is 9.70. The molecule has 9 heteroatoms. The first-order chi connectivity index (χ1) is 17.7. The summed E-state index contributed by atoms with van der Waals surface area (Å²) in [6.07, 6.45) is 13.8. The van der Waals surface area contributed by atoms with E-state index in [1.165, 1.54) is 5.56 Å². The van der Waals surface area contributed by atoms with Crippen LogP contribution in [0.15, 0.2) is 73.7 Å². The SMILES string of the molecule is Cn1cc(-c2cc(-c3ccc(N4CCNCC4Cc4ccncc4)nc3)c3c(C#N)cnn3c2)cn1. The lowest BCUT2D eigenvalue weighted by molar-refractivity contribution is 0.470. The molecule has 6 rings (SSSR count). The van der Waals surface area contributed by atoms with Crippen molar-refractivity contribution in [1.29, 1.82) is 5.26 Å². The van der Waals surface area contributed by atoms with Gasteiger partial charge in [0.1, 0.15) is 11.9 Å². The molecule has 0 bridgehead atoms. The van der Waals surface area contributed by atoms with E-state index in [1.807, 2.05) is 44.2 Å². The van der Waals surface area contributed by atoms with Crippen molar-refractivity contribution >= 4 is 11.3 Å². The van der Waals surface area contributed by atoms with E-state index in [1.54, 1.807) is 15.4 Å². The zero-order chi connectivity index (χ0) is 24.5. The molecule has 5 aromatic rings. The molecule has 1 N–H and O–H groups in total. The van der Waals surface area contributed by atoms with Crippen molar-refractivity contribution in [1.82, 2.24) is 34.7 Å². The van der Waals surface area contributed by atoms with Crippen molar-refractivity contribution < 1.29 is 0 Å². The van der Waals surface area contributed by atoms with Gasteiger partial charge in [0.2, 0.25) is 0 Å². The zero-order valence-corrected chi connectivity index (χ0v) is 19.9. The van der Waals surface area contributed by atoms with Gasteiger partial charge in [-0.3, -0.25) is 9.67 Å². The van der Waals surface area contributed by atoms with Crippen molar-refractivity contribution in [3.8, 4) is 28.3 Å². The Balaban J connectivity index is 1.37. The van der Waals surface area contributed by atoms with Gasteiger partial charge in [0, 0.05) is 86.0 Å². The average molecular weight is 476 g/mol. The molecule has 1 aliphatic heterocycles. The van der Waals surface area contributed by atoms with Gasteiger partial charge < -0.3 is 10.2 Å². The highest BCUT2D eigenvalue weighted by Gasteiger charge is 2.24. The summed E-state index contributed by atoms with van der Waals surface area (Å²) in [5.41, 5.74) is 6.38. The van der Waals surface area contributed by atoms with Crippen LogP contribution in [-0.2, 0) is 13.5 Å². The fraction of sp³-hybridized carbons (Fsp3) is 0.222. The molecule has 1 fully saturated rings. The van der Waals surface area contributed by atoms with Gasteiger partial charge in [0.15, 0.2) is 0 Å². The number of hydrogen-bond acceptors (Lipinski definition) is 7. The molecule has 0 aliphatic carbocycles. The Bertz CT molecular complexity index is 1540. The number of piperazine rings is 1. The van der Waals surface area contributed by atoms with Crippen LogP contribution in [0.2, 0.25) is 0 Å². The highest BCUT2D eigenvalue weighted by Crippen LogP contribution is 2.32. The van der Waals surface area contributed by atoms with Gasteiger partial charge >= 0.3 is 0 Å². The summed E-state index contributed by atoms with van der Waals surface area (Å²) in [5.74, 6) is 0.952. The van der Waals surface area contributed by atoms with Crippen LogP contribution < -0.4 is 10.2 Å². The molecule has 0 spiro atoms. The third-order valence-electron chi connectivity index (χ3n) is 6.69. The van der Waals surface area contributed by atoms with Crippen LogP contribution in [0.5, 0.6) is 0 Å². The summed E-state index contributed by atoms with van der Waals surface area (Å²) < 4.78 is 3.54. The Morgan fingerprint density at radius 2 is 1.92 bits per heavy atom. The standard InChI is InChI=1S/C27H25N9/c1-34-17-23(15-32-34)21-11-25(27-22(12-28)14-33-36(27)18-21)20-2-3-26(31-13-20)35-9-8-30-16-24(35)10-19-4-6-29-7-5-19/h2-7,11,13-15,17-18,24,30H,8-10,16H2,1H3. The quantitative estimate of drug-likeness (QED) is 0.417. The molecule has 9 nitrogen and oxygen atoms in total. The molecular formula is C27H25N9. The van der Waals surface area contributed by atoms with Gasteiger partial charge in [-0.2, -0.15) is 15.5 Å². The molecule has 0 amide bonds. The first-order valence-corrected chi connectivity index (χ1v) is 11.9. The fourth-order valence-corrected chi connectivity index (χ4v) is 4.90. The normalized spacial score (nSPS) is 15.8. The van der Waals surface area contributed by atoms with Crippen LogP contribution in [0.4, 0.5) is 5.82 Å². The van der Waals surface area contributed by atoms with E-state index in [9.17, 15) is 5.26 Å². The van der Waals surface area contributed by atoms with Gasteiger partial charge in [-0.1, -0.05) is 0 Å². The second-order valence-electron chi connectivity index (χ2n) is 9.02. The summed E-state index contributed by atoms with van der Waals surface area (Å²) in [4.78, 5) is 11.4. The molecule has 0 radical (unpaired) electrons. The highest BCUT2D eigenvalue weighted by atomic mass is 15.3. The maximum absolute atomic E-state index is 9.70. The molecule has 6 heterocycles. The topological polar surface area (TPSA) is 100.0 Å². The fourth-order valence-electron chi connectivity index (χ4n) is 4.90. The smallest absolute Gasteiger partial charge is 0.128 e. The van der Waals surface area contributed by atoms with Gasteiger partial charge in [-0.05, 0) is 42.3 Å². The molecule has 5 aromatic heterocycles. The number of aryl methyl sites for hydroxylation is 1. The van der Waals surface area contributed by atoms with E-state index in [-0.39, 0.29) is 0 Å². The van der Waals surface area contributed by atoms with Gasteiger partial charge in [0.05, 0.1) is 23.5 Å². The summed E-state index contributed by atoms with van der Waals surface area (Å²) in [6.45, 7) is 2.72. The number of aromatic nitrogens is 6. The minimum atomic E-state index is 0.306. The predicted molar refractivity (Wildman–Crippen MR) is 137 cm³/mol. The van der Waals surface area contributed by atoms with Crippen molar-refractivity contribution in [2.45, 2.75) is 12.5 Å². The van der Waals surface area contributed by atoms with Gasteiger partial charge in [-0.15, -0.1) is 0 Å². The summed E-state index contributed by atoms with van der Waals surface area (Å²) >= 11 is 0. The molecule has 1 unspecified atom stereocenters. The number of hydrogen-bond donors (Lipinski definition) is 1. The van der Waals surface area contributed by atoms with Crippen LogP contribution in [-0.4, -0.2) is 55.0 Å². The first-order valence-electron chi connectivity index (χ1n) is 11.9. The molecule has 0 saturated carbocycles. The lowest BCUT2D eigenvalue weighted by Gasteiger charge is -2.37. The second kappa shape index (κ2) is 9.24. The van der Waals surface area contributed by atoms with Crippen molar-refractivity contribution in [3.05, 3.63) is 84.8 Å². The third-order valence-corrected chi connectivity index (χ3v) is 6.69. The lowest BCUT2D eigenvalue weighted by Crippen LogP contribution is -2.52. The Morgan fingerprint density at radius 1 is 1.03 bits per heavy atom. The average Bonchev–Trinajstić information content (AvgIpc) is 3.55. The van der Waals surface area contributed by atoms with Crippen molar-refractivity contribution in [3.63, 3.8) is 0 Å². The highest BCUT2D eigenvalue weighted by molar-refractivity contribution is 5.87. The minimum Gasteiger partial charge on any atom is -0.351 e. The van der Waals surface area contributed by atoms with Crippen LogP contribution in [0.25, 0.3) is 27.8 Å². The van der Waals surface area contributed by atoms with Crippen LogP contribution in [0, 0.1) is 11.3 Å². The number of pyridine rings is 3. The summed E-state index contributed by atoms with van der Waals surface area (Å²) in [6, 6.07) is 13.0. The van der Waals surface area contributed by atoms with Crippen LogP contribution >= 0.6 is 0 Å². The number of rotatable bonds is 5. The lowest BCUT2D eigenvalue weighted by atomic mass is 10.0. The zero-order valence-electron chi connectivity index (χ0n) is 19.9. The maximum Gasteiger partial charge on any atom is 0.128 e. The Labute approximate surface area is 208 Å². The predicted octanol–water partition coefficient (Wildman–Crippen LogP) is 3.08. The third kappa shape index (κ3) is 4.08. The molecule has 36 heavy (non-hydrogen) atoms. The number of anilines is 1. The van der Waals surface area contributed by atoms with Crippen molar-refractivity contribution in [2.75, 3.05) is 24.5 Å². The largest absolute Gasteiger partial charge is 0.351 e. The van der Waals surface area contributed by atoms with E-state index in [2.05, 4.69) is 61.8 Å². The summed E-state index contributed by atoms with van der Waals surface area (Å²) in [5, 5.41) is 22.0.